The number of hydrogen-bond acceptors (Lipinski definition) is 6. The predicted octanol–water partition coefficient (Wildman–Crippen LogP) is 7.09. The minimum atomic E-state index is -0.0815. The molecular formula is C32H31N3O3S2. The molecule has 0 N–H and O–H groups in total. The Balaban J connectivity index is 1.44. The van der Waals surface area contributed by atoms with Crippen LogP contribution < -0.4 is 9.47 Å². The average Bonchev–Trinajstić information content (AvgIpc) is 3.51. The van der Waals surface area contributed by atoms with Crippen LogP contribution in [0.5, 0.6) is 11.5 Å². The number of para-hydroxylation sites is 1. The maximum Gasteiger partial charge on any atom is 0.266 e. The molecule has 3 aromatic carbocycles. The highest BCUT2D eigenvalue weighted by Crippen LogP contribution is 2.36. The van der Waals surface area contributed by atoms with E-state index in [0.29, 0.717) is 28.8 Å². The van der Waals surface area contributed by atoms with Gasteiger partial charge in [0.1, 0.15) is 21.5 Å². The number of thiocarbonyl (C=S) groups is 1. The van der Waals surface area contributed by atoms with E-state index < -0.39 is 0 Å². The summed E-state index contributed by atoms with van der Waals surface area (Å²) in [6, 6.07) is 23.9. The topological polar surface area (TPSA) is 56.6 Å². The number of benzene rings is 3. The molecule has 4 aromatic rings. The molecule has 5 rings (SSSR count). The Morgan fingerprint density at radius 3 is 2.48 bits per heavy atom. The maximum atomic E-state index is 13.5. The van der Waals surface area contributed by atoms with Crippen LogP contribution >= 0.6 is 24.0 Å². The normalized spacial score (nSPS) is 14.3. The fraction of sp³-hybridized carbons (Fsp3) is 0.219. The van der Waals surface area contributed by atoms with E-state index in [2.05, 4.69) is 13.8 Å². The predicted molar refractivity (Wildman–Crippen MR) is 166 cm³/mol. The third-order valence-corrected chi connectivity index (χ3v) is 8.01. The van der Waals surface area contributed by atoms with Gasteiger partial charge in [-0.25, -0.2) is 4.68 Å². The third-order valence-electron chi connectivity index (χ3n) is 6.63. The van der Waals surface area contributed by atoms with Crippen molar-refractivity contribution in [2.75, 3.05) is 20.3 Å². The van der Waals surface area contributed by atoms with Crippen molar-refractivity contribution in [2.45, 2.75) is 26.7 Å². The number of methoxy groups -OCH3 is 1. The van der Waals surface area contributed by atoms with Crippen molar-refractivity contribution in [3.05, 3.63) is 101 Å². The van der Waals surface area contributed by atoms with E-state index in [4.69, 9.17) is 26.8 Å². The van der Waals surface area contributed by atoms with Crippen LogP contribution in [0, 0.1) is 6.92 Å². The largest absolute Gasteiger partial charge is 0.497 e. The van der Waals surface area contributed by atoms with Crippen molar-refractivity contribution >= 4 is 40.3 Å². The number of aryl methyl sites for hydroxylation is 1. The van der Waals surface area contributed by atoms with E-state index in [-0.39, 0.29) is 5.91 Å². The Morgan fingerprint density at radius 1 is 1.02 bits per heavy atom. The first-order valence-electron chi connectivity index (χ1n) is 13.2. The molecule has 40 heavy (non-hydrogen) atoms. The summed E-state index contributed by atoms with van der Waals surface area (Å²) in [4.78, 5) is 15.7. The average molecular weight is 570 g/mol. The summed E-state index contributed by atoms with van der Waals surface area (Å²) in [5.74, 6) is 1.56. The van der Waals surface area contributed by atoms with Gasteiger partial charge in [0.15, 0.2) is 0 Å². The molecule has 0 atom stereocenters. The zero-order valence-corrected chi connectivity index (χ0v) is 24.4. The quantitative estimate of drug-likeness (QED) is 0.150. The molecular weight excluding hydrogens is 539 g/mol. The van der Waals surface area contributed by atoms with Gasteiger partial charge in [-0.05, 0) is 79.4 Å². The lowest BCUT2D eigenvalue weighted by molar-refractivity contribution is -0.122. The summed E-state index contributed by atoms with van der Waals surface area (Å²) in [6.45, 7) is 5.33. The van der Waals surface area contributed by atoms with Gasteiger partial charge < -0.3 is 9.47 Å². The van der Waals surface area contributed by atoms with Crippen molar-refractivity contribution in [1.29, 1.82) is 0 Å². The molecule has 1 amide bonds. The molecule has 1 saturated heterocycles. The number of carbonyl (C=O) groups excluding carboxylic acids is 1. The van der Waals surface area contributed by atoms with Crippen LogP contribution in [-0.2, 0) is 11.2 Å². The zero-order chi connectivity index (χ0) is 28.1. The minimum absolute atomic E-state index is 0.0815. The highest BCUT2D eigenvalue weighted by atomic mass is 32.2. The maximum absolute atomic E-state index is 13.5. The SMILES string of the molecule is CCCOc1ccc(-c2nn(-c3ccccc3)cc2/C=C2\SC(=S)N(CCc3ccc(OC)cc3)C2=O)c(C)c1. The van der Waals surface area contributed by atoms with Gasteiger partial charge in [-0.3, -0.25) is 9.69 Å². The van der Waals surface area contributed by atoms with Crippen LogP contribution in [0.15, 0.2) is 83.9 Å². The van der Waals surface area contributed by atoms with Gasteiger partial charge in [0, 0.05) is 23.9 Å². The summed E-state index contributed by atoms with van der Waals surface area (Å²) >= 11 is 6.95. The molecule has 0 unspecified atom stereocenters. The van der Waals surface area contributed by atoms with Gasteiger partial charge in [-0.1, -0.05) is 61.2 Å². The van der Waals surface area contributed by atoms with Gasteiger partial charge in [0.2, 0.25) is 0 Å². The number of ether oxygens (including phenoxy) is 2. The van der Waals surface area contributed by atoms with Crippen LogP contribution in [-0.4, -0.2) is 45.2 Å². The van der Waals surface area contributed by atoms with E-state index in [0.717, 1.165) is 51.6 Å². The molecule has 1 aliphatic rings. The third kappa shape index (κ3) is 6.13. The fourth-order valence-corrected chi connectivity index (χ4v) is 5.79. The number of thioether (sulfide) groups is 1. The van der Waals surface area contributed by atoms with Crippen LogP contribution in [0.25, 0.3) is 23.0 Å². The van der Waals surface area contributed by atoms with E-state index in [1.165, 1.54) is 11.8 Å². The lowest BCUT2D eigenvalue weighted by Crippen LogP contribution is -2.30. The molecule has 6 nitrogen and oxygen atoms in total. The molecule has 1 aliphatic heterocycles. The van der Waals surface area contributed by atoms with E-state index in [1.54, 1.807) is 12.0 Å². The number of rotatable bonds is 10. The second-order valence-electron chi connectivity index (χ2n) is 9.47. The van der Waals surface area contributed by atoms with E-state index >= 15 is 0 Å². The number of carbonyl (C=O) groups is 1. The van der Waals surface area contributed by atoms with Crippen molar-refractivity contribution in [2.24, 2.45) is 0 Å². The smallest absolute Gasteiger partial charge is 0.266 e. The number of hydrogen-bond donors (Lipinski definition) is 0. The first-order chi connectivity index (χ1) is 19.5. The zero-order valence-electron chi connectivity index (χ0n) is 22.8. The summed E-state index contributed by atoms with van der Waals surface area (Å²) in [6.07, 6.45) is 5.53. The van der Waals surface area contributed by atoms with Gasteiger partial charge in [0.25, 0.3) is 5.91 Å². The monoisotopic (exact) mass is 569 g/mol. The van der Waals surface area contributed by atoms with Crippen LogP contribution in [0.1, 0.15) is 30.0 Å². The molecule has 0 saturated carbocycles. The van der Waals surface area contributed by atoms with Gasteiger partial charge >= 0.3 is 0 Å². The summed E-state index contributed by atoms with van der Waals surface area (Å²) in [7, 11) is 1.65. The van der Waals surface area contributed by atoms with Crippen molar-refractivity contribution in [3.8, 4) is 28.4 Å². The Morgan fingerprint density at radius 2 is 1.77 bits per heavy atom. The molecule has 8 heteroatoms. The van der Waals surface area contributed by atoms with Crippen LogP contribution in [0.2, 0.25) is 0 Å². The standard InChI is InChI=1S/C32H31N3O3S2/c1-4-18-38-27-14-15-28(22(2)19-27)30-24(21-35(33-30)25-8-6-5-7-9-25)20-29-31(36)34(32(39)40-29)17-16-23-10-12-26(37-3)13-11-23/h5-15,19-21H,4,16-18H2,1-3H3/b29-20-. The second-order valence-corrected chi connectivity index (χ2v) is 11.1. The van der Waals surface area contributed by atoms with Crippen molar-refractivity contribution in [1.82, 2.24) is 14.7 Å². The van der Waals surface area contributed by atoms with Gasteiger partial charge in [0.05, 0.1) is 24.3 Å². The second kappa shape index (κ2) is 12.5. The molecule has 0 spiro atoms. The van der Waals surface area contributed by atoms with Crippen molar-refractivity contribution < 1.29 is 14.3 Å². The molecule has 0 bridgehead atoms. The fourth-order valence-electron chi connectivity index (χ4n) is 4.49. The molecule has 2 heterocycles. The summed E-state index contributed by atoms with van der Waals surface area (Å²) in [5.41, 5.74) is 5.74. The lowest BCUT2D eigenvalue weighted by atomic mass is 10.0. The van der Waals surface area contributed by atoms with Crippen molar-refractivity contribution in [3.63, 3.8) is 0 Å². The van der Waals surface area contributed by atoms with E-state index in [1.807, 2.05) is 89.8 Å². The van der Waals surface area contributed by atoms with Gasteiger partial charge in [-0.2, -0.15) is 5.10 Å². The Labute approximate surface area is 244 Å². The first kappa shape index (κ1) is 27.7. The molecule has 0 aliphatic carbocycles. The van der Waals surface area contributed by atoms with Gasteiger partial charge in [-0.15, -0.1) is 0 Å². The number of aromatic nitrogens is 2. The Kier molecular flexibility index (Phi) is 8.67. The van der Waals surface area contributed by atoms with Crippen LogP contribution in [0.4, 0.5) is 0 Å². The van der Waals surface area contributed by atoms with Crippen LogP contribution in [0.3, 0.4) is 0 Å². The summed E-state index contributed by atoms with van der Waals surface area (Å²) < 4.78 is 13.5. The Bertz CT molecular complexity index is 1550. The van der Waals surface area contributed by atoms with E-state index in [9.17, 15) is 4.79 Å². The first-order valence-corrected chi connectivity index (χ1v) is 14.5. The molecule has 1 fully saturated rings. The molecule has 1 aromatic heterocycles. The Hall–Kier alpha value is -3.88. The lowest BCUT2D eigenvalue weighted by Gasteiger charge is -2.14. The summed E-state index contributed by atoms with van der Waals surface area (Å²) in [5, 5.41) is 4.95. The highest BCUT2D eigenvalue weighted by molar-refractivity contribution is 8.26. The molecule has 204 valence electrons. The number of amides is 1. The number of nitrogens with zero attached hydrogens (tertiary/aromatic N) is 3. The molecule has 0 radical (unpaired) electrons. The minimum Gasteiger partial charge on any atom is -0.497 e. The highest BCUT2D eigenvalue weighted by Gasteiger charge is 2.32.